The zero-order valence-corrected chi connectivity index (χ0v) is 46.1. The van der Waals surface area contributed by atoms with E-state index in [1.165, 1.54) is 54.6 Å². The van der Waals surface area contributed by atoms with Gasteiger partial charge >= 0.3 is 88.7 Å². The Morgan fingerprint density at radius 1 is 0.417 bits per heavy atom. The second-order valence-corrected chi connectivity index (χ2v) is 18.8. The standard InChI is InChI=1S/C44H32N10O12S3.3Na/c45-35-21-36(46)38(22-37(35)51-50-30-10-5-25-15-33(68(61,62)63)20-40(56)34(25)18-30)52-53-39-19-32(67(58,59)60)16-26-17-41(69(64,65)66)43(44(57)42(26)39)54-49-28-8-3-24(4-9-28)23-1-6-27(7-2-23)47-48-29-11-13-31(55)14-12-29;;;/h1-22,55-57H,45-46H2,(H,58,59,60)(H,61,62,63)(H,64,65,66);;;/q;3*+1/p-3. The fraction of sp³-hybridized carbons (Fsp3) is 0. The van der Waals surface area contributed by atoms with Gasteiger partial charge in [-0.05, 0) is 125 Å². The third kappa shape index (κ3) is 13.3. The van der Waals surface area contributed by atoms with E-state index in [1.54, 1.807) is 48.5 Å². The normalized spacial score (nSPS) is 12.2. The topological polar surface area (TPSA) is 383 Å². The Morgan fingerprint density at radius 3 is 1.39 bits per heavy atom. The fourth-order valence-corrected chi connectivity index (χ4v) is 8.34. The van der Waals surface area contributed by atoms with Crippen LogP contribution in [0.3, 0.4) is 0 Å². The van der Waals surface area contributed by atoms with Gasteiger partial charge in [0.05, 0.1) is 59.9 Å². The Balaban J connectivity index is 0.00000321. The maximum atomic E-state index is 12.6. The van der Waals surface area contributed by atoms with Crippen molar-refractivity contribution in [3.05, 3.63) is 133 Å². The molecule has 0 bridgehead atoms. The first-order valence-corrected chi connectivity index (χ1v) is 23.7. The van der Waals surface area contributed by atoms with Gasteiger partial charge in [0.25, 0.3) is 0 Å². The smallest absolute Gasteiger partial charge is 0.744 e. The van der Waals surface area contributed by atoms with Crippen LogP contribution in [0.15, 0.2) is 189 Å². The van der Waals surface area contributed by atoms with E-state index in [4.69, 9.17) is 11.5 Å². The summed E-state index contributed by atoms with van der Waals surface area (Å²) in [5.41, 5.74) is 13.5. The van der Waals surface area contributed by atoms with Crippen LogP contribution >= 0.6 is 0 Å². The number of hydrogen-bond donors (Lipinski definition) is 5. The van der Waals surface area contributed by atoms with Gasteiger partial charge in [-0.25, -0.2) is 25.3 Å². The van der Waals surface area contributed by atoms with Gasteiger partial charge in [0.15, 0.2) is 5.75 Å². The first-order valence-electron chi connectivity index (χ1n) is 19.4. The molecule has 22 nitrogen and oxygen atoms in total. The van der Waals surface area contributed by atoms with Crippen molar-refractivity contribution < 1.29 is 143 Å². The van der Waals surface area contributed by atoms with Gasteiger partial charge in [-0.1, -0.05) is 30.3 Å². The van der Waals surface area contributed by atoms with Crippen molar-refractivity contribution in [2.24, 2.45) is 40.9 Å². The number of azo groups is 4. The van der Waals surface area contributed by atoms with Crippen LogP contribution in [0.1, 0.15) is 0 Å². The summed E-state index contributed by atoms with van der Waals surface area (Å²) in [6.45, 7) is 0. The Kier molecular flexibility index (Phi) is 18.4. The average Bonchev–Trinajstić information content (AvgIpc) is 3.29. The molecule has 8 aromatic carbocycles. The Hall–Kier alpha value is -5.59. The van der Waals surface area contributed by atoms with Crippen molar-refractivity contribution in [2.75, 3.05) is 11.5 Å². The van der Waals surface area contributed by atoms with Gasteiger partial charge in [0, 0.05) is 5.39 Å². The Labute approximate surface area is 475 Å². The summed E-state index contributed by atoms with van der Waals surface area (Å²) < 4.78 is 109. The number of fused-ring (bicyclic) bond motifs is 2. The van der Waals surface area contributed by atoms with Crippen LogP contribution in [-0.2, 0) is 30.4 Å². The van der Waals surface area contributed by atoms with E-state index < -0.39 is 78.7 Å². The summed E-state index contributed by atoms with van der Waals surface area (Å²) in [6.07, 6.45) is 0. The molecule has 72 heavy (non-hydrogen) atoms. The molecular formula is C44H29N10Na3O12S3. The Bertz CT molecular complexity index is 3870. The number of aromatic hydroxyl groups is 3. The van der Waals surface area contributed by atoms with Crippen molar-refractivity contribution in [3.63, 3.8) is 0 Å². The number of hydrogen-bond acceptors (Lipinski definition) is 22. The molecule has 0 aliphatic rings. The largest absolute Gasteiger partial charge is 1.00 e. The van der Waals surface area contributed by atoms with E-state index in [0.717, 1.165) is 35.4 Å². The molecule has 0 heterocycles. The van der Waals surface area contributed by atoms with E-state index in [2.05, 4.69) is 40.9 Å². The van der Waals surface area contributed by atoms with Gasteiger partial charge in [-0.15, -0.1) is 20.5 Å². The number of phenols is 3. The van der Waals surface area contributed by atoms with E-state index in [9.17, 15) is 54.2 Å². The third-order valence-corrected chi connectivity index (χ3v) is 12.5. The van der Waals surface area contributed by atoms with Crippen molar-refractivity contribution in [1.82, 2.24) is 0 Å². The molecule has 0 unspecified atom stereocenters. The van der Waals surface area contributed by atoms with Crippen LogP contribution in [0.2, 0.25) is 0 Å². The molecule has 0 aromatic heterocycles. The molecule has 0 saturated heterocycles. The summed E-state index contributed by atoms with van der Waals surface area (Å²) in [7, 11) is -15.6. The zero-order valence-electron chi connectivity index (χ0n) is 37.7. The quantitative estimate of drug-likeness (QED) is 0.0499. The number of nitrogens with zero attached hydrogens (tertiary/aromatic N) is 8. The minimum atomic E-state index is -5.46. The molecule has 348 valence electrons. The molecule has 0 spiro atoms. The number of rotatable bonds is 12. The van der Waals surface area contributed by atoms with Crippen LogP contribution in [0.4, 0.5) is 56.9 Å². The van der Waals surface area contributed by atoms with Gasteiger partial charge in [-0.2, -0.15) is 20.5 Å². The molecule has 28 heteroatoms. The molecule has 0 radical (unpaired) electrons. The number of phenolic OH excluding ortho intramolecular Hbond substituents is 3. The first kappa shape index (κ1) is 57.3. The van der Waals surface area contributed by atoms with Gasteiger partial charge in [-0.3, -0.25) is 0 Å². The summed E-state index contributed by atoms with van der Waals surface area (Å²) in [4.78, 5) is -2.69. The summed E-state index contributed by atoms with van der Waals surface area (Å²) in [5, 5.41) is 63.5. The average molecular weight is 1050 g/mol. The Morgan fingerprint density at radius 2 is 0.861 bits per heavy atom. The predicted octanol–water partition coefficient (Wildman–Crippen LogP) is 1.33. The second-order valence-electron chi connectivity index (χ2n) is 14.7. The number of anilines is 2. The van der Waals surface area contributed by atoms with E-state index in [0.29, 0.717) is 17.4 Å². The van der Waals surface area contributed by atoms with Crippen LogP contribution in [0, 0.1) is 0 Å². The SMILES string of the molecule is Nc1cc(N)c(N=Nc2cc(S(=O)(=O)[O-])cc3cc(S(=O)(=O)[O-])c(N=Nc4ccc(-c5ccc(N=Nc6ccc(O)cc6)cc5)cc4)c(O)c23)cc1N=Nc1ccc2cc(S(=O)(=O)[O-])cc(O)c2c1.[Na+].[Na+].[Na+]. The fourth-order valence-electron chi connectivity index (χ4n) is 6.64. The van der Waals surface area contributed by atoms with Crippen molar-refractivity contribution >= 4 is 109 Å². The van der Waals surface area contributed by atoms with Crippen LogP contribution in [-0.4, -0.2) is 54.2 Å². The van der Waals surface area contributed by atoms with Crippen molar-refractivity contribution in [2.45, 2.75) is 14.7 Å². The maximum Gasteiger partial charge on any atom is 1.00 e. The first-order chi connectivity index (χ1) is 32.6. The van der Waals surface area contributed by atoms with Gasteiger partial charge in [0.1, 0.15) is 58.9 Å². The van der Waals surface area contributed by atoms with Crippen molar-refractivity contribution in [3.8, 4) is 28.4 Å². The molecule has 0 aliphatic heterocycles. The zero-order chi connectivity index (χ0) is 49.4. The predicted molar refractivity (Wildman–Crippen MR) is 247 cm³/mol. The van der Waals surface area contributed by atoms with E-state index in [-0.39, 0.29) is 139 Å². The molecule has 0 aliphatic carbocycles. The summed E-state index contributed by atoms with van der Waals surface area (Å²) in [5.74, 6) is -1.41. The monoisotopic (exact) mass is 1050 g/mol. The number of nitrogen functional groups attached to an aromatic ring is 2. The molecule has 0 atom stereocenters. The van der Waals surface area contributed by atoms with Gasteiger partial charge in [0.2, 0.25) is 0 Å². The molecule has 7 N–H and O–H groups in total. The molecule has 0 saturated carbocycles. The van der Waals surface area contributed by atoms with Crippen LogP contribution < -0.4 is 100 Å². The minimum absolute atomic E-state index is 0. The van der Waals surface area contributed by atoms with Gasteiger partial charge < -0.3 is 40.4 Å². The summed E-state index contributed by atoms with van der Waals surface area (Å²) >= 11 is 0. The van der Waals surface area contributed by atoms with Crippen LogP contribution in [0.25, 0.3) is 32.7 Å². The minimum Gasteiger partial charge on any atom is -0.744 e. The molecule has 0 amide bonds. The maximum absolute atomic E-state index is 12.6. The second kappa shape index (κ2) is 23.1. The number of benzene rings is 8. The van der Waals surface area contributed by atoms with E-state index >= 15 is 0 Å². The van der Waals surface area contributed by atoms with Crippen molar-refractivity contribution in [1.29, 1.82) is 0 Å². The third-order valence-electron chi connectivity index (χ3n) is 10.0. The molecule has 8 aromatic rings. The number of nitrogens with two attached hydrogens (primary N) is 2. The van der Waals surface area contributed by atoms with Crippen LogP contribution in [0.5, 0.6) is 17.2 Å². The molecule has 8 rings (SSSR count). The molecular weight excluding hydrogens is 1030 g/mol. The van der Waals surface area contributed by atoms with E-state index in [1.807, 2.05) is 0 Å². The molecule has 0 fully saturated rings. The summed E-state index contributed by atoms with van der Waals surface area (Å²) in [6, 6.07) is 30.2.